The summed E-state index contributed by atoms with van der Waals surface area (Å²) in [5.41, 5.74) is 6.62. The Morgan fingerprint density at radius 1 is 0.909 bits per heavy atom. The number of aryl methyl sites for hydroxylation is 2. The van der Waals surface area contributed by atoms with Gasteiger partial charge in [0, 0.05) is 23.1 Å². The normalized spacial score (nSPS) is 12.0. The van der Waals surface area contributed by atoms with Crippen LogP contribution < -0.4 is 4.48 Å². The summed E-state index contributed by atoms with van der Waals surface area (Å²) in [7, 11) is 6.59. The van der Waals surface area contributed by atoms with Crippen molar-refractivity contribution in [1.82, 2.24) is 9.05 Å². The third-order valence-corrected chi connectivity index (χ3v) is 4.32. The molecule has 116 valence electrons. The standard InChI is InChI=1S/C20H25N2.H/c1-15-6-11-20-18(12-15)13-16(2)21(20)14-17-7-9-19(10-8-17)22(3,4)5;/h6-13H,14H2,1-5H3;/q+1;-1/i;1+2. The van der Waals surface area contributed by atoms with Gasteiger partial charge in [-0.05, 0) is 49.7 Å². The Kier molecular flexibility index (Phi) is 3.57. The van der Waals surface area contributed by atoms with Crippen LogP contribution in [0.1, 0.15) is 18.2 Å². The van der Waals surface area contributed by atoms with E-state index in [-0.39, 0.29) is 1.43 Å². The van der Waals surface area contributed by atoms with Gasteiger partial charge in [-0.25, -0.2) is 0 Å². The van der Waals surface area contributed by atoms with Crippen molar-refractivity contribution in [3.63, 3.8) is 0 Å². The summed E-state index contributed by atoms with van der Waals surface area (Å²) in [6.45, 7) is 5.27. The van der Waals surface area contributed by atoms with E-state index in [1.54, 1.807) is 0 Å². The molecule has 0 saturated carbocycles. The summed E-state index contributed by atoms with van der Waals surface area (Å²) in [4.78, 5) is 0. The minimum absolute atomic E-state index is 0. The number of quaternary nitrogens is 1. The second kappa shape index (κ2) is 5.29. The average Bonchev–Trinajstić information content (AvgIpc) is 2.74. The molecule has 0 atom stereocenters. The predicted molar refractivity (Wildman–Crippen MR) is 97.6 cm³/mol. The van der Waals surface area contributed by atoms with Gasteiger partial charge in [-0.1, -0.05) is 23.8 Å². The molecule has 2 aromatic carbocycles. The molecule has 0 fully saturated rings. The van der Waals surface area contributed by atoms with Crippen LogP contribution in [0, 0.1) is 13.8 Å². The van der Waals surface area contributed by atoms with Crippen LogP contribution >= 0.6 is 0 Å². The van der Waals surface area contributed by atoms with Crippen molar-refractivity contribution in [3.05, 3.63) is 65.4 Å². The molecule has 0 aliphatic rings. The van der Waals surface area contributed by atoms with E-state index in [1.807, 2.05) is 0 Å². The highest BCUT2D eigenvalue weighted by atomic mass is 15.3. The van der Waals surface area contributed by atoms with E-state index in [2.05, 4.69) is 88.1 Å². The highest BCUT2D eigenvalue weighted by Crippen LogP contribution is 2.23. The molecular weight excluding hydrogens is 268 g/mol. The monoisotopic (exact) mass is 296 g/mol. The first kappa shape index (κ1) is 14.9. The fourth-order valence-electron chi connectivity index (χ4n) is 2.97. The Bertz CT molecular complexity index is 808. The van der Waals surface area contributed by atoms with Crippen molar-refractivity contribution in [2.45, 2.75) is 20.4 Å². The second-order valence-electron chi connectivity index (χ2n) is 7.11. The van der Waals surface area contributed by atoms with E-state index in [9.17, 15) is 0 Å². The molecule has 1 heterocycles. The minimum Gasteiger partial charge on any atom is -1.00 e. The van der Waals surface area contributed by atoms with Crippen molar-refractivity contribution in [2.24, 2.45) is 0 Å². The topological polar surface area (TPSA) is 4.93 Å². The van der Waals surface area contributed by atoms with Crippen LogP contribution in [0.5, 0.6) is 0 Å². The Balaban J connectivity index is 0.00000192. The molecule has 22 heavy (non-hydrogen) atoms. The molecule has 0 saturated heterocycles. The van der Waals surface area contributed by atoms with Crippen molar-refractivity contribution in [1.29, 1.82) is 0 Å². The molecular formula is C20H26N2. The third kappa shape index (κ3) is 2.79. The van der Waals surface area contributed by atoms with Crippen LogP contribution in [-0.4, -0.2) is 25.7 Å². The average molecular weight is 296 g/mol. The summed E-state index contributed by atoms with van der Waals surface area (Å²) in [6.07, 6.45) is 0. The van der Waals surface area contributed by atoms with E-state index < -0.39 is 0 Å². The van der Waals surface area contributed by atoms with Crippen molar-refractivity contribution in [2.75, 3.05) is 21.1 Å². The van der Waals surface area contributed by atoms with Crippen LogP contribution in [0.25, 0.3) is 10.9 Å². The Morgan fingerprint density at radius 3 is 2.23 bits per heavy atom. The molecule has 2 heteroatoms. The van der Waals surface area contributed by atoms with E-state index in [1.165, 1.54) is 33.4 Å². The summed E-state index contributed by atoms with van der Waals surface area (Å²) in [5, 5.41) is 1.33. The van der Waals surface area contributed by atoms with Gasteiger partial charge in [0.2, 0.25) is 0 Å². The van der Waals surface area contributed by atoms with Gasteiger partial charge in [0.1, 0.15) is 5.69 Å². The summed E-state index contributed by atoms with van der Waals surface area (Å²) < 4.78 is 3.25. The lowest BCUT2D eigenvalue weighted by atomic mass is 10.1. The molecule has 0 unspecified atom stereocenters. The zero-order valence-corrected chi connectivity index (χ0v) is 14.2. The molecule has 1 aromatic heterocycles. The number of hydrogen-bond acceptors (Lipinski definition) is 0. The maximum absolute atomic E-state index is 2.40. The second-order valence-corrected chi connectivity index (χ2v) is 7.11. The van der Waals surface area contributed by atoms with Gasteiger partial charge in [-0.2, -0.15) is 0 Å². The van der Waals surface area contributed by atoms with Gasteiger partial charge in [0.15, 0.2) is 0 Å². The van der Waals surface area contributed by atoms with E-state index >= 15 is 0 Å². The lowest BCUT2D eigenvalue weighted by Gasteiger charge is -2.23. The first-order chi connectivity index (χ1) is 10.3. The molecule has 0 N–H and O–H groups in total. The number of hydrogen-bond donors (Lipinski definition) is 0. The number of nitrogens with zero attached hydrogens (tertiary/aromatic N) is 2. The highest BCUT2D eigenvalue weighted by molar-refractivity contribution is 5.82. The number of rotatable bonds is 3. The highest BCUT2D eigenvalue weighted by Gasteiger charge is 2.12. The van der Waals surface area contributed by atoms with Crippen LogP contribution in [0.15, 0.2) is 48.5 Å². The maximum atomic E-state index is 2.40. The van der Waals surface area contributed by atoms with Crippen LogP contribution in [0.2, 0.25) is 0 Å². The molecule has 2 nitrogen and oxygen atoms in total. The predicted octanol–water partition coefficient (Wildman–Crippen LogP) is 4.62. The van der Waals surface area contributed by atoms with Gasteiger partial charge in [-0.3, -0.25) is 4.48 Å². The zero-order valence-electron chi connectivity index (χ0n) is 15.2. The molecule has 0 aliphatic heterocycles. The van der Waals surface area contributed by atoms with Crippen LogP contribution in [0.3, 0.4) is 0 Å². The Hall–Kier alpha value is -2.06. The minimum atomic E-state index is 0. The maximum Gasteiger partial charge on any atom is 0.132 e. The fraction of sp³-hybridized carbons (Fsp3) is 0.300. The lowest BCUT2D eigenvalue weighted by Crippen LogP contribution is -2.34. The van der Waals surface area contributed by atoms with Gasteiger partial charge < -0.3 is 5.99 Å². The molecule has 3 rings (SSSR count). The first-order valence-corrected chi connectivity index (χ1v) is 7.82. The summed E-state index contributed by atoms with van der Waals surface area (Å²) in [6, 6.07) is 17.9. The number of aromatic nitrogens is 1. The third-order valence-electron chi connectivity index (χ3n) is 4.32. The zero-order chi connectivity index (χ0) is 15.9. The molecule has 0 amide bonds. The molecule has 0 spiro atoms. The van der Waals surface area contributed by atoms with Crippen molar-refractivity contribution in [3.8, 4) is 0 Å². The summed E-state index contributed by atoms with van der Waals surface area (Å²) >= 11 is 0. The first-order valence-electron chi connectivity index (χ1n) is 7.82. The lowest BCUT2D eigenvalue weighted by molar-refractivity contribution is 0.486. The van der Waals surface area contributed by atoms with Crippen molar-refractivity contribution < 1.29 is 1.43 Å². The molecule has 0 bridgehead atoms. The van der Waals surface area contributed by atoms with E-state index in [0.717, 1.165) is 11.0 Å². The number of benzene rings is 2. The van der Waals surface area contributed by atoms with E-state index in [0.29, 0.717) is 0 Å². The summed E-state index contributed by atoms with van der Waals surface area (Å²) in [5.74, 6) is 0. The van der Waals surface area contributed by atoms with Gasteiger partial charge in [0.05, 0.1) is 21.1 Å². The smallest absolute Gasteiger partial charge is 0.132 e. The fourth-order valence-corrected chi connectivity index (χ4v) is 2.97. The van der Waals surface area contributed by atoms with Crippen LogP contribution in [-0.2, 0) is 6.54 Å². The Labute approximate surface area is 134 Å². The SMILES string of the molecule is Cc1ccc2c(c1)cc(C)n2Cc1ccc([N+](C)(C)C)cc1.[3H-]. The molecule has 0 radical (unpaired) electrons. The number of fused-ring (bicyclic) bond motifs is 1. The largest absolute Gasteiger partial charge is 1.00 e. The quantitative estimate of drug-likeness (QED) is 0.622. The van der Waals surface area contributed by atoms with E-state index in [4.69, 9.17) is 0 Å². The Morgan fingerprint density at radius 2 is 1.59 bits per heavy atom. The molecule has 0 aliphatic carbocycles. The van der Waals surface area contributed by atoms with Gasteiger partial charge >= 0.3 is 0 Å². The van der Waals surface area contributed by atoms with Crippen LogP contribution in [0.4, 0.5) is 5.69 Å². The molecule has 3 aromatic rings. The van der Waals surface area contributed by atoms with Crippen molar-refractivity contribution >= 4 is 16.6 Å². The van der Waals surface area contributed by atoms with Gasteiger partial charge in [0.25, 0.3) is 0 Å². The van der Waals surface area contributed by atoms with Gasteiger partial charge in [-0.15, -0.1) is 0 Å².